The molecular formula is C32H44N4O6S. The maximum absolute atomic E-state index is 13.9. The van der Waals surface area contributed by atoms with E-state index < -0.39 is 15.7 Å². The van der Waals surface area contributed by atoms with Crippen LogP contribution in [0.4, 0.5) is 0 Å². The molecule has 2 aromatic rings. The minimum absolute atomic E-state index is 0.0338. The third kappa shape index (κ3) is 10.7. The Labute approximate surface area is 255 Å². The number of hydrogen-bond donors (Lipinski definition) is 3. The number of rotatable bonds is 15. The van der Waals surface area contributed by atoms with E-state index >= 15 is 0 Å². The summed E-state index contributed by atoms with van der Waals surface area (Å²) >= 11 is 0. The van der Waals surface area contributed by atoms with Crippen LogP contribution < -0.4 is 15.4 Å². The normalized spacial score (nSPS) is 15.0. The molecule has 1 aliphatic rings. The van der Waals surface area contributed by atoms with E-state index in [1.807, 2.05) is 44.2 Å². The fraction of sp³-hybridized carbons (Fsp3) is 0.500. The minimum Gasteiger partial charge on any atom is -0.497 e. The molecule has 1 atom stereocenters. The monoisotopic (exact) mass is 612 g/mol. The number of sulfonamides is 1. The zero-order valence-electron chi connectivity index (χ0n) is 25.3. The number of ether oxygens (including phenoxy) is 1. The Morgan fingerprint density at radius 1 is 1.07 bits per heavy atom. The smallest absolute Gasteiger partial charge is 0.245 e. The molecule has 3 rings (SSSR count). The van der Waals surface area contributed by atoms with E-state index in [1.165, 1.54) is 19.2 Å². The van der Waals surface area contributed by atoms with Crippen molar-refractivity contribution < 1.29 is 27.9 Å². The molecule has 2 aromatic carbocycles. The number of amides is 2. The second kappa shape index (κ2) is 16.4. The zero-order valence-corrected chi connectivity index (χ0v) is 26.2. The lowest BCUT2D eigenvalue weighted by atomic mass is 9.98. The first-order chi connectivity index (χ1) is 20.5. The first-order valence-electron chi connectivity index (χ1n) is 14.7. The van der Waals surface area contributed by atoms with Gasteiger partial charge in [0, 0.05) is 44.8 Å². The number of nitrogens with one attached hydrogen (secondary N) is 2. The maximum atomic E-state index is 13.9. The molecule has 3 N–H and O–H groups in total. The van der Waals surface area contributed by atoms with Gasteiger partial charge in [-0.05, 0) is 61.7 Å². The standard InChI is InChI=1S/C32H44N4O6S/c1-26(2)24-36(43(40,41)29-16-14-28(42-3)15-17-29)32(39,23-27-11-5-4-6-12-27)18-20-34-30(37)13-7-8-19-33-31(38)25-35-21-9-10-22-35/h4-6,11-12,14-17,26,39H,7,9-10,13,18,20-25H2,1-3H3,(H,33,38)(H,34,37). The fourth-order valence-electron chi connectivity index (χ4n) is 4.95. The molecule has 1 aliphatic heterocycles. The van der Waals surface area contributed by atoms with E-state index in [9.17, 15) is 23.1 Å². The van der Waals surface area contributed by atoms with E-state index in [-0.39, 0.29) is 61.4 Å². The number of methoxy groups -OCH3 is 1. The highest BCUT2D eigenvalue weighted by Crippen LogP contribution is 2.31. The van der Waals surface area contributed by atoms with Crippen LogP contribution in [0.25, 0.3) is 0 Å². The Morgan fingerprint density at radius 2 is 1.74 bits per heavy atom. The molecule has 10 nitrogen and oxygen atoms in total. The summed E-state index contributed by atoms with van der Waals surface area (Å²) in [6, 6.07) is 17.9. The molecule has 0 aliphatic carbocycles. The van der Waals surface area contributed by atoms with Crippen molar-refractivity contribution in [3.63, 3.8) is 0 Å². The number of likely N-dealkylation sites (tertiary alicyclic amines) is 1. The molecular weight excluding hydrogens is 568 g/mol. The van der Waals surface area contributed by atoms with Gasteiger partial charge in [0.2, 0.25) is 21.8 Å². The summed E-state index contributed by atoms with van der Waals surface area (Å²) in [6.45, 7) is 6.06. The fourth-order valence-corrected chi connectivity index (χ4v) is 6.78. The molecule has 1 unspecified atom stereocenters. The summed E-state index contributed by atoms with van der Waals surface area (Å²) in [5.74, 6) is 2.78. The predicted molar refractivity (Wildman–Crippen MR) is 165 cm³/mol. The van der Waals surface area contributed by atoms with Crippen molar-refractivity contribution in [1.82, 2.24) is 19.8 Å². The summed E-state index contributed by atoms with van der Waals surface area (Å²) in [4.78, 5) is 26.6. The van der Waals surface area contributed by atoms with Crippen LogP contribution in [0, 0.1) is 17.9 Å². The second-order valence-electron chi connectivity index (χ2n) is 11.2. The summed E-state index contributed by atoms with van der Waals surface area (Å²) < 4.78 is 34.2. The molecule has 0 saturated carbocycles. The first kappa shape index (κ1) is 34.1. The third-order valence-electron chi connectivity index (χ3n) is 7.15. The molecule has 0 aromatic heterocycles. The average Bonchev–Trinajstić information content (AvgIpc) is 3.49. The van der Waals surface area contributed by atoms with Gasteiger partial charge in [0.05, 0.1) is 18.6 Å². The second-order valence-corrected chi connectivity index (χ2v) is 13.0. The maximum Gasteiger partial charge on any atom is 0.245 e. The molecule has 0 bridgehead atoms. The Kier molecular flexibility index (Phi) is 13.0. The molecule has 234 valence electrons. The van der Waals surface area contributed by atoms with Gasteiger partial charge in [-0.3, -0.25) is 19.8 Å². The number of carbonyl (C=O) groups is 2. The molecule has 11 heteroatoms. The Hall–Kier alpha value is -3.43. The van der Waals surface area contributed by atoms with Crippen molar-refractivity contribution in [3.05, 3.63) is 60.2 Å². The Morgan fingerprint density at radius 3 is 2.37 bits per heavy atom. The average molecular weight is 613 g/mol. The van der Waals surface area contributed by atoms with E-state index in [2.05, 4.69) is 27.5 Å². The van der Waals surface area contributed by atoms with Gasteiger partial charge in [-0.1, -0.05) is 50.1 Å². The van der Waals surface area contributed by atoms with Crippen LogP contribution in [-0.2, 0) is 26.0 Å². The van der Waals surface area contributed by atoms with Crippen molar-refractivity contribution in [2.75, 3.05) is 39.8 Å². The van der Waals surface area contributed by atoms with Gasteiger partial charge in [-0.15, -0.1) is 0 Å². The SMILES string of the molecule is COc1ccc(S(=O)(=O)N(CC(C)C)C(O)(CCNC(=O)CCC#CNC(=O)CN2CCCC2)Cc2ccccc2)cc1. The third-order valence-corrected chi connectivity index (χ3v) is 9.09. The van der Waals surface area contributed by atoms with E-state index in [4.69, 9.17) is 4.74 Å². The van der Waals surface area contributed by atoms with Crippen molar-refractivity contribution in [2.45, 2.75) is 63.0 Å². The molecule has 1 fully saturated rings. The van der Waals surface area contributed by atoms with Crippen LogP contribution in [0.1, 0.15) is 51.5 Å². The van der Waals surface area contributed by atoms with Gasteiger partial charge in [0.1, 0.15) is 11.5 Å². The summed E-state index contributed by atoms with van der Waals surface area (Å²) in [5.41, 5.74) is -1.06. The number of benzene rings is 2. The number of aliphatic hydroxyl groups is 1. The van der Waals surface area contributed by atoms with Crippen LogP contribution in [-0.4, -0.2) is 80.1 Å². The highest BCUT2D eigenvalue weighted by molar-refractivity contribution is 7.89. The van der Waals surface area contributed by atoms with E-state index in [1.54, 1.807) is 12.1 Å². The zero-order chi connectivity index (χ0) is 31.3. The van der Waals surface area contributed by atoms with Gasteiger partial charge in [0.25, 0.3) is 0 Å². The molecule has 2 amide bonds. The van der Waals surface area contributed by atoms with E-state index in [0.717, 1.165) is 35.8 Å². The quantitative estimate of drug-likeness (QED) is 0.160. The van der Waals surface area contributed by atoms with Crippen LogP contribution in [0.15, 0.2) is 59.5 Å². The van der Waals surface area contributed by atoms with E-state index in [0.29, 0.717) is 12.3 Å². The highest BCUT2D eigenvalue weighted by Gasteiger charge is 2.43. The lowest BCUT2D eigenvalue weighted by Crippen LogP contribution is -2.55. The van der Waals surface area contributed by atoms with Gasteiger partial charge in [-0.2, -0.15) is 4.31 Å². The van der Waals surface area contributed by atoms with Crippen molar-refractivity contribution in [3.8, 4) is 17.7 Å². The van der Waals surface area contributed by atoms with Gasteiger partial charge < -0.3 is 15.2 Å². The summed E-state index contributed by atoms with van der Waals surface area (Å²) in [6.07, 6.45) is 2.56. The molecule has 0 spiro atoms. The highest BCUT2D eigenvalue weighted by atomic mass is 32.2. The van der Waals surface area contributed by atoms with Crippen LogP contribution in [0.5, 0.6) is 5.75 Å². The molecule has 1 heterocycles. The van der Waals surface area contributed by atoms with Gasteiger partial charge in [-0.25, -0.2) is 8.42 Å². The topological polar surface area (TPSA) is 128 Å². The lowest BCUT2D eigenvalue weighted by molar-refractivity contribution is -0.122. The van der Waals surface area contributed by atoms with Gasteiger partial charge in [0.15, 0.2) is 0 Å². The van der Waals surface area contributed by atoms with Crippen LogP contribution in [0.3, 0.4) is 0 Å². The van der Waals surface area contributed by atoms with Gasteiger partial charge >= 0.3 is 0 Å². The minimum atomic E-state index is -4.13. The molecule has 1 saturated heterocycles. The summed E-state index contributed by atoms with van der Waals surface area (Å²) in [7, 11) is -2.62. The lowest BCUT2D eigenvalue weighted by Gasteiger charge is -2.40. The number of nitrogens with zero attached hydrogens (tertiary/aromatic N) is 2. The Balaban J connectivity index is 1.67. The largest absolute Gasteiger partial charge is 0.497 e. The number of hydrogen-bond acceptors (Lipinski definition) is 7. The first-order valence-corrected chi connectivity index (χ1v) is 16.2. The van der Waals surface area contributed by atoms with Crippen molar-refractivity contribution >= 4 is 21.8 Å². The summed E-state index contributed by atoms with van der Waals surface area (Å²) in [5, 5.41) is 17.4. The molecule has 0 radical (unpaired) electrons. The molecule has 43 heavy (non-hydrogen) atoms. The predicted octanol–water partition coefficient (Wildman–Crippen LogP) is 2.73. The van der Waals surface area contributed by atoms with Crippen LogP contribution >= 0.6 is 0 Å². The number of carbonyl (C=O) groups excluding carboxylic acids is 2. The van der Waals surface area contributed by atoms with Crippen molar-refractivity contribution in [1.29, 1.82) is 0 Å². The van der Waals surface area contributed by atoms with Crippen molar-refractivity contribution in [2.24, 2.45) is 5.92 Å². The Bertz CT molecular complexity index is 1350. The van der Waals surface area contributed by atoms with Crippen LogP contribution in [0.2, 0.25) is 0 Å².